The van der Waals surface area contributed by atoms with Gasteiger partial charge in [0.2, 0.25) is 0 Å². The zero-order chi connectivity index (χ0) is 17.1. The highest BCUT2D eigenvalue weighted by molar-refractivity contribution is 7.81. The largest absolute Gasteiger partial charge is 0.480 e. The Bertz CT molecular complexity index is 222. The quantitative estimate of drug-likeness (QED) is 0.292. The van der Waals surface area contributed by atoms with Crippen LogP contribution >= 0.6 is 12.6 Å². The first-order chi connectivity index (χ1) is 10.6. The second-order valence-electron chi connectivity index (χ2n) is 5.85. The molecule has 0 aliphatic carbocycles. The molecular weight excluding hydrogens is 296 g/mol. The van der Waals surface area contributed by atoms with E-state index in [9.17, 15) is 4.79 Å². The predicted molar refractivity (Wildman–Crippen MR) is 98.9 cm³/mol. The van der Waals surface area contributed by atoms with E-state index >= 15 is 0 Å². The lowest BCUT2D eigenvalue weighted by atomic mass is 10.0. The van der Waals surface area contributed by atoms with E-state index in [4.69, 9.17) is 10.2 Å². The van der Waals surface area contributed by atoms with E-state index in [2.05, 4.69) is 19.6 Å². The van der Waals surface area contributed by atoms with Crippen LogP contribution in [0.25, 0.3) is 0 Å². The van der Waals surface area contributed by atoms with Crippen molar-refractivity contribution in [2.24, 2.45) is 0 Å². The van der Waals surface area contributed by atoms with Crippen molar-refractivity contribution in [2.75, 3.05) is 6.61 Å². The zero-order valence-electron chi connectivity index (χ0n) is 14.7. The Balaban J connectivity index is 0. The predicted octanol–water partition coefficient (Wildman–Crippen LogP) is 5.46. The molecule has 1 unspecified atom stereocenters. The number of carboxylic acids is 1. The van der Waals surface area contributed by atoms with Gasteiger partial charge in [-0.15, -0.1) is 0 Å². The lowest BCUT2D eigenvalue weighted by Crippen LogP contribution is -2.12. The maximum atomic E-state index is 10.6. The Morgan fingerprint density at radius 1 is 0.818 bits per heavy atom. The highest BCUT2D eigenvalue weighted by atomic mass is 32.1. The molecule has 0 saturated carbocycles. The van der Waals surface area contributed by atoms with Gasteiger partial charge in [0.25, 0.3) is 0 Å². The van der Waals surface area contributed by atoms with Crippen molar-refractivity contribution in [1.82, 2.24) is 0 Å². The second kappa shape index (κ2) is 20.8. The van der Waals surface area contributed by atoms with Crippen molar-refractivity contribution in [1.29, 1.82) is 0 Å². The van der Waals surface area contributed by atoms with Gasteiger partial charge >= 0.3 is 5.97 Å². The third kappa shape index (κ3) is 22.1. The Kier molecular flexibility index (Phi) is 22.7. The molecule has 0 fully saturated rings. The molecule has 0 heterocycles. The van der Waals surface area contributed by atoms with E-state index in [0.717, 1.165) is 12.8 Å². The minimum atomic E-state index is -0.786. The summed E-state index contributed by atoms with van der Waals surface area (Å²) in [7, 11) is 0. The first-order valence-corrected chi connectivity index (χ1v) is 9.63. The van der Waals surface area contributed by atoms with Gasteiger partial charge in [-0.2, -0.15) is 12.6 Å². The second-order valence-corrected chi connectivity index (χ2v) is 6.47. The summed E-state index contributed by atoms with van der Waals surface area (Å²) in [5.74, 6) is -0.786. The molecule has 1 atom stereocenters. The number of aliphatic hydroxyl groups excluding tert-OH is 1. The van der Waals surface area contributed by atoms with Crippen LogP contribution in [0.15, 0.2) is 0 Å². The van der Waals surface area contributed by atoms with E-state index in [1.807, 2.05) is 0 Å². The average molecular weight is 335 g/mol. The van der Waals surface area contributed by atoms with E-state index < -0.39 is 11.2 Å². The van der Waals surface area contributed by atoms with Gasteiger partial charge < -0.3 is 10.2 Å². The monoisotopic (exact) mass is 334 g/mol. The summed E-state index contributed by atoms with van der Waals surface area (Å²) in [6.45, 7) is 4.19. The topological polar surface area (TPSA) is 57.5 Å². The van der Waals surface area contributed by atoms with Gasteiger partial charge in [0.05, 0.1) is 5.25 Å². The first kappa shape index (κ1) is 24.0. The highest BCUT2D eigenvalue weighted by Crippen LogP contribution is 2.14. The van der Waals surface area contributed by atoms with Crippen molar-refractivity contribution in [2.45, 2.75) is 103 Å². The van der Waals surface area contributed by atoms with Crippen molar-refractivity contribution >= 4 is 18.6 Å². The third-order valence-corrected chi connectivity index (χ3v) is 4.10. The van der Waals surface area contributed by atoms with Crippen molar-refractivity contribution < 1.29 is 15.0 Å². The minimum Gasteiger partial charge on any atom is -0.480 e. The summed E-state index contributed by atoms with van der Waals surface area (Å²) in [5, 5.41) is 15.8. The molecule has 0 aliphatic rings. The van der Waals surface area contributed by atoms with Crippen LogP contribution in [0.2, 0.25) is 0 Å². The van der Waals surface area contributed by atoms with Gasteiger partial charge in [-0.05, 0) is 13.3 Å². The average Bonchev–Trinajstić information content (AvgIpc) is 2.48. The summed E-state index contributed by atoms with van der Waals surface area (Å²) in [6, 6.07) is 0. The van der Waals surface area contributed by atoms with Gasteiger partial charge in [-0.25, -0.2) is 0 Å². The third-order valence-electron chi connectivity index (χ3n) is 3.62. The Labute approximate surface area is 143 Å². The van der Waals surface area contributed by atoms with Crippen LogP contribution in [0.1, 0.15) is 97.3 Å². The van der Waals surface area contributed by atoms with Crippen molar-refractivity contribution in [3.8, 4) is 0 Å². The molecule has 134 valence electrons. The molecule has 0 bridgehead atoms. The number of thiol groups is 1. The van der Waals surface area contributed by atoms with Gasteiger partial charge in [0.15, 0.2) is 0 Å². The molecule has 0 radical (unpaired) electrons. The molecule has 2 N–H and O–H groups in total. The molecule has 3 nitrogen and oxygen atoms in total. The summed E-state index contributed by atoms with van der Waals surface area (Å²) in [4.78, 5) is 10.6. The number of carbonyl (C=O) groups is 1. The Morgan fingerprint density at radius 2 is 1.14 bits per heavy atom. The van der Waals surface area contributed by atoms with Crippen LogP contribution in [-0.2, 0) is 4.79 Å². The molecule has 0 rings (SSSR count). The fourth-order valence-corrected chi connectivity index (χ4v) is 2.48. The first-order valence-electron chi connectivity index (χ1n) is 9.11. The van der Waals surface area contributed by atoms with Crippen LogP contribution < -0.4 is 0 Å². The number of hydrogen-bond donors (Lipinski definition) is 3. The Morgan fingerprint density at radius 3 is 1.45 bits per heavy atom. The normalized spacial score (nSPS) is 11.6. The van der Waals surface area contributed by atoms with Crippen LogP contribution in [0.4, 0.5) is 0 Å². The molecule has 0 aromatic carbocycles. The molecule has 0 aromatic heterocycles. The maximum Gasteiger partial charge on any atom is 0.316 e. The summed E-state index contributed by atoms with van der Waals surface area (Å²) in [6.07, 6.45) is 16.5. The fraction of sp³-hybridized carbons (Fsp3) is 0.944. The highest BCUT2D eigenvalue weighted by Gasteiger charge is 2.10. The molecule has 4 heteroatoms. The standard InChI is InChI=1S/C16H32O2S.C2H6O/c1-2-3-4-5-6-7-8-9-10-11-12-13-14-15(19)16(17)18;1-2-3/h15,19H,2-14H2,1H3,(H,17,18);3H,2H2,1H3. The molecule has 0 aromatic rings. The summed E-state index contributed by atoms with van der Waals surface area (Å²) >= 11 is 4.03. The number of aliphatic carboxylic acids is 1. The SMILES string of the molecule is CCCCCCCCCCCCCCC(S)C(=O)O.CCO. The van der Waals surface area contributed by atoms with Gasteiger partial charge in [0.1, 0.15) is 0 Å². The lowest BCUT2D eigenvalue weighted by molar-refractivity contribution is -0.136. The minimum absolute atomic E-state index is 0.250. The van der Waals surface area contributed by atoms with Crippen LogP contribution in [0, 0.1) is 0 Å². The molecule has 0 aliphatic heterocycles. The smallest absolute Gasteiger partial charge is 0.316 e. The number of unbranched alkanes of at least 4 members (excludes halogenated alkanes) is 11. The number of hydrogen-bond acceptors (Lipinski definition) is 3. The summed E-state index contributed by atoms with van der Waals surface area (Å²) in [5.41, 5.74) is 0. The van der Waals surface area contributed by atoms with Gasteiger partial charge in [-0.1, -0.05) is 84.0 Å². The fourth-order valence-electron chi connectivity index (χ4n) is 2.30. The maximum absolute atomic E-state index is 10.6. The molecule has 22 heavy (non-hydrogen) atoms. The molecule has 0 saturated heterocycles. The van der Waals surface area contributed by atoms with Crippen molar-refractivity contribution in [3.63, 3.8) is 0 Å². The van der Waals surface area contributed by atoms with E-state index in [0.29, 0.717) is 6.42 Å². The van der Waals surface area contributed by atoms with Gasteiger partial charge in [0, 0.05) is 6.61 Å². The van der Waals surface area contributed by atoms with E-state index in [1.54, 1.807) is 6.92 Å². The lowest BCUT2D eigenvalue weighted by Gasteiger charge is -2.05. The number of aliphatic hydroxyl groups is 1. The zero-order valence-corrected chi connectivity index (χ0v) is 15.6. The number of rotatable bonds is 14. The molecule has 0 amide bonds. The molecular formula is C18H38O3S. The van der Waals surface area contributed by atoms with Gasteiger partial charge in [-0.3, -0.25) is 4.79 Å². The van der Waals surface area contributed by atoms with Crippen LogP contribution in [0.5, 0.6) is 0 Å². The molecule has 0 spiro atoms. The Hall–Kier alpha value is -0.220. The number of carboxylic acid groups (broad SMARTS) is 1. The van der Waals surface area contributed by atoms with Crippen LogP contribution in [0.3, 0.4) is 0 Å². The summed E-state index contributed by atoms with van der Waals surface area (Å²) < 4.78 is 0. The van der Waals surface area contributed by atoms with E-state index in [-0.39, 0.29) is 6.61 Å². The van der Waals surface area contributed by atoms with Crippen LogP contribution in [-0.4, -0.2) is 28.0 Å². The van der Waals surface area contributed by atoms with E-state index in [1.165, 1.54) is 64.2 Å². The van der Waals surface area contributed by atoms with Crippen molar-refractivity contribution in [3.05, 3.63) is 0 Å².